The van der Waals surface area contributed by atoms with Crippen LogP contribution in [0.15, 0.2) is 6.20 Å². The van der Waals surface area contributed by atoms with Gasteiger partial charge in [0.1, 0.15) is 11.7 Å². The van der Waals surface area contributed by atoms with E-state index in [4.69, 9.17) is 22.2 Å². The molecule has 3 N–H and O–H groups in total. The zero-order valence-electron chi connectivity index (χ0n) is 9.58. The van der Waals surface area contributed by atoms with Crippen LogP contribution in [0.3, 0.4) is 0 Å². The van der Waals surface area contributed by atoms with Crippen LogP contribution in [-0.2, 0) is 6.54 Å². The molecule has 0 radical (unpaired) electrons. The van der Waals surface area contributed by atoms with Crippen molar-refractivity contribution < 1.29 is 13.5 Å². The first-order valence-electron chi connectivity index (χ1n) is 5.08. The Morgan fingerprint density at radius 1 is 1.71 bits per heavy atom. The third kappa shape index (κ3) is 3.05. The molecule has 0 aliphatic carbocycles. The first-order valence-corrected chi connectivity index (χ1v) is 5.46. The van der Waals surface area contributed by atoms with Crippen molar-refractivity contribution in [1.29, 1.82) is 0 Å². The average Bonchev–Trinajstić information content (AvgIpc) is 2.61. The Morgan fingerprint density at radius 2 is 2.35 bits per heavy atom. The Morgan fingerprint density at radius 3 is 2.76 bits per heavy atom. The average molecular weight is 269 g/mol. The van der Waals surface area contributed by atoms with Crippen molar-refractivity contribution >= 4 is 11.6 Å². The molecule has 0 amide bonds. The van der Waals surface area contributed by atoms with Gasteiger partial charge in [0.15, 0.2) is 5.75 Å². The molecule has 0 fully saturated rings. The Balaban J connectivity index is 3.19. The van der Waals surface area contributed by atoms with Crippen LogP contribution in [0.2, 0.25) is 0 Å². The van der Waals surface area contributed by atoms with Crippen molar-refractivity contribution in [2.75, 3.05) is 7.11 Å². The van der Waals surface area contributed by atoms with Crippen molar-refractivity contribution in [3.63, 3.8) is 0 Å². The smallest absolute Gasteiger partial charge is 0.343 e. The van der Waals surface area contributed by atoms with Crippen molar-refractivity contribution in [3.8, 4) is 5.75 Å². The van der Waals surface area contributed by atoms with Crippen LogP contribution in [0.25, 0.3) is 0 Å². The lowest BCUT2D eigenvalue weighted by molar-refractivity contribution is 0.0450. The number of alkyl halides is 3. The molecule has 0 aliphatic heterocycles. The Labute approximate surface area is 103 Å². The lowest BCUT2D eigenvalue weighted by Crippen LogP contribution is -2.39. The number of hydrogen-bond acceptors (Lipinski definition) is 4. The molecule has 0 spiro atoms. The van der Waals surface area contributed by atoms with Gasteiger partial charge in [-0.05, 0) is 18.0 Å². The molecule has 98 valence electrons. The third-order valence-electron chi connectivity index (χ3n) is 2.27. The lowest BCUT2D eigenvalue weighted by atomic mass is 10.2. The van der Waals surface area contributed by atoms with E-state index in [1.54, 1.807) is 0 Å². The normalized spacial score (nSPS) is 13.8. The summed E-state index contributed by atoms with van der Waals surface area (Å²) in [5.74, 6) is 5.35. The highest BCUT2D eigenvalue weighted by Crippen LogP contribution is 2.38. The molecule has 1 aromatic rings. The molecule has 1 atom stereocenters. The Hall–Kier alpha value is -0.920. The van der Waals surface area contributed by atoms with Gasteiger partial charge in [-0.1, -0.05) is 6.92 Å². The van der Waals surface area contributed by atoms with Gasteiger partial charge in [-0.25, -0.2) is 5.43 Å². The zero-order chi connectivity index (χ0) is 13.1. The predicted octanol–water partition coefficient (Wildman–Crippen LogP) is 1.64. The highest BCUT2D eigenvalue weighted by atomic mass is 35.5. The van der Waals surface area contributed by atoms with Crippen LogP contribution in [0, 0.1) is 0 Å². The first-order chi connectivity index (χ1) is 7.95. The van der Waals surface area contributed by atoms with Crippen LogP contribution >= 0.6 is 11.6 Å². The summed E-state index contributed by atoms with van der Waals surface area (Å²) in [6, 6.07) is -1.56. The molecule has 0 saturated heterocycles. The minimum atomic E-state index is -3.53. The highest BCUT2D eigenvalue weighted by Gasteiger charge is 2.41. The SMILES string of the molecule is CCCn1ncc(OC)c1C(NN)C(F)(F)Cl. The molecule has 17 heavy (non-hydrogen) atoms. The third-order valence-corrected chi connectivity index (χ3v) is 2.49. The molecular formula is C9H15ClF2N4O. The first kappa shape index (κ1) is 14.1. The summed E-state index contributed by atoms with van der Waals surface area (Å²) in [6.07, 6.45) is 2.10. The van der Waals surface area contributed by atoms with E-state index in [2.05, 4.69) is 5.10 Å². The van der Waals surface area contributed by atoms with Crippen LogP contribution in [0.4, 0.5) is 8.78 Å². The number of methoxy groups -OCH3 is 1. The van der Waals surface area contributed by atoms with E-state index in [1.165, 1.54) is 18.0 Å². The fourth-order valence-electron chi connectivity index (χ4n) is 1.54. The summed E-state index contributed by atoms with van der Waals surface area (Å²) < 4.78 is 32.8. The van der Waals surface area contributed by atoms with E-state index in [-0.39, 0.29) is 11.4 Å². The molecule has 1 aromatic heterocycles. The second kappa shape index (κ2) is 5.61. The Bertz CT molecular complexity index is 366. The zero-order valence-corrected chi connectivity index (χ0v) is 10.3. The topological polar surface area (TPSA) is 65.1 Å². The molecule has 1 unspecified atom stereocenters. The van der Waals surface area contributed by atoms with Crippen molar-refractivity contribution in [2.45, 2.75) is 31.3 Å². The van der Waals surface area contributed by atoms with E-state index in [9.17, 15) is 8.78 Å². The van der Waals surface area contributed by atoms with Gasteiger partial charge in [-0.3, -0.25) is 10.5 Å². The minimum absolute atomic E-state index is 0.136. The molecule has 8 heteroatoms. The number of ether oxygens (including phenoxy) is 1. The van der Waals surface area contributed by atoms with Gasteiger partial charge in [0.2, 0.25) is 0 Å². The van der Waals surface area contributed by atoms with E-state index in [0.717, 1.165) is 6.42 Å². The fraction of sp³-hybridized carbons (Fsp3) is 0.667. The van der Waals surface area contributed by atoms with E-state index >= 15 is 0 Å². The summed E-state index contributed by atoms with van der Waals surface area (Å²) >= 11 is 5.02. The van der Waals surface area contributed by atoms with Crippen LogP contribution in [0.1, 0.15) is 25.1 Å². The van der Waals surface area contributed by atoms with Crippen LogP contribution in [0.5, 0.6) is 5.75 Å². The van der Waals surface area contributed by atoms with E-state index in [1.807, 2.05) is 12.3 Å². The second-order valence-electron chi connectivity index (χ2n) is 3.46. The number of nitrogens with two attached hydrogens (primary N) is 1. The molecule has 0 aliphatic rings. The largest absolute Gasteiger partial charge is 0.493 e. The molecule has 0 bridgehead atoms. The summed E-state index contributed by atoms with van der Waals surface area (Å²) in [7, 11) is 1.37. The van der Waals surface area contributed by atoms with Gasteiger partial charge < -0.3 is 4.74 Å². The van der Waals surface area contributed by atoms with Crippen molar-refractivity contribution in [2.24, 2.45) is 5.84 Å². The summed E-state index contributed by atoms with van der Waals surface area (Å²) in [4.78, 5) is 0. The van der Waals surface area contributed by atoms with Crippen LogP contribution < -0.4 is 16.0 Å². The number of halogens is 3. The summed E-state index contributed by atoms with van der Waals surface area (Å²) in [5.41, 5.74) is 2.13. The number of aromatic nitrogens is 2. The number of aryl methyl sites for hydroxylation is 1. The lowest BCUT2D eigenvalue weighted by Gasteiger charge is -2.22. The number of hydrazine groups is 1. The maximum absolute atomic E-state index is 13.2. The molecule has 1 rings (SSSR count). The summed E-state index contributed by atoms with van der Waals surface area (Å²) in [6.45, 7) is 2.38. The maximum atomic E-state index is 13.2. The molecular weight excluding hydrogens is 254 g/mol. The van der Waals surface area contributed by atoms with Gasteiger partial charge in [0.25, 0.3) is 0 Å². The van der Waals surface area contributed by atoms with Gasteiger partial charge in [-0.15, -0.1) is 0 Å². The number of hydrogen-bond donors (Lipinski definition) is 2. The highest BCUT2D eigenvalue weighted by molar-refractivity contribution is 6.22. The molecule has 5 nitrogen and oxygen atoms in total. The van der Waals surface area contributed by atoms with Crippen LogP contribution in [-0.4, -0.2) is 22.3 Å². The fourth-order valence-corrected chi connectivity index (χ4v) is 1.71. The van der Waals surface area contributed by atoms with Crippen molar-refractivity contribution in [3.05, 3.63) is 11.9 Å². The van der Waals surface area contributed by atoms with E-state index < -0.39 is 11.4 Å². The van der Waals surface area contributed by atoms with Gasteiger partial charge >= 0.3 is 5.38 Å². The Kier molecular flexibility index (Phi) is 4.67. The molecule has 0 aromatic carbocycles. The van der Waals surface area contributed by atoms with Crippen molar-refractivity contribution in [1.82, 2.24) is 15.2 Å². The molecule has 1 heterocycles. The maximum Gasteiger partial charge on any atom is 0.343 e. The number of rotatable bonds is 6. The quantitative estimate of drug-likeness (QED) is 0.468. The van der Waals surface area contributed by atoms with Gasteiger partial charge in [-0.2, -0.15) is 13.9 Å². The standard InChI is InChI=1S/C9H15ClF2N4O/c1-3-4-16-7(6(17-2)5-14-16)8(15-13)9(10,11)12/h5,8,15H,3-4,13H2,1-2H3. The molecule has 0 saturated carbocycles. The number of nitrogens with one attached hydrogen (secondary N) is 1. The number of nitrogens with zero attached hydrogens (tertiary/aromatic N) is 2. The summed E-state index contributed by atoms with van der Waals surface area (Å²) in [5, 5.41) is 0.429. The van der Waals surface area contributed by atoms with Gasteiger partial charge in [0, 0.05) is 6.54 Å². The minimum Gasteiger partial charge on any atom is -0.493 e. The second-order valence-corrected chi connectivity index (χ2v) is 3.97. The monoisotopic (exact) mass is 268 g/mol. The predicted molar refractivity (Wildman–Crippen MR) is 59.9 cm³/mol. The van der Waals surface area contributed by atoms with Gasteiger partial charge in [0.05, 0.1) is 13.3 Å². The van der Waals surface area contributed by atoms with E-state index in [0.29, 0.717) is 6.54 Å².